The van der Waals surface area contributed by atoms with Crippen LogP contribution in [-0.4, -0.2) is 24.3 Å². The summed E-state index contributed by atoms with van der Waals surface area (Å²) in [4.78, 5) is 4.49. The van der Waals surface area contributed by atoms with E-state index < -0.39 is 0 Å². The minimum atomic E-state index is 0.219. The minimum absolute atomic E-state index is 0.219. The van der Waals surface area contributed by atoms with Crippen molar-refractivity contribution >= 4 is 32.4 Å². The Kier molecular flexibility index (Phi) is 2.98. The van der Waals surface area contributed by atoms with Crippen LogP contribution in [0.5, 0.6) is 17.2 Å². The van der Waals surface area contributed by atoms with Crippen molar-refractivity contribution in [3.8, 4) is 17.2 Å². The van der Waals surface area contributed by atoms with E-state index in [1.165, 1.54) is 0 Å². The van der Waals surface area contributed by atoms with Crippen LogP contribution in [0.2, 0.25) is 0 Å². The van der Waals surface area contributed by atoms with Crippen LogP contribution in [0.4, 0.5) is 0 Å². The number of pyridine rings is 1. The van der Waals surface area contributed by atoms with E-state index in [2.05, 4.69) is 17.1 Å². The Balaban J connectivity index is 2.14. The van der Waals surface area contributed by atoms with E-state index >= 15 is 0 Å². The summed E-state index contributed by atoms with van der Waals surface area (Å²) in [5.41, 5.74) is 0.775. The molecule has 0 saturated heterocycles. The molecule has 114 valence electrons. The quantitative estimate of drug-likeness (QED) is 0.562. The van der Waals surface area contributed by atoms with E-state index in [4.69, 9.17) is 9.47 Å². The number of phenolic OH excluding ortho intramolecular Hbond substituents is 1. The second kappa shape index (κ2) is 5.02. The number of aromatic nitrogens is 1. The molecule has 0 radical (unpaired) electrons. The molecule has 0 aliphatic rings. The number of nitrogens with zero attached hydrogens (tertiary/aromatic N) is 1. The van der Waals surface area contributed by atoms with Crippen LogP contribution in [-0.2, 0) is 0 Å². The molecule has 4 rings (SSSR count). The molecule has 4 nitrogen and oxygen atoms in total. The van der Waals surface area contributed by atoms with Crippen molar-refractivity contribution in [2.24, 2.45) is 0 Å². The number of methoxy groups -OCH3 is 2. The Bertz CT molecular complexity index is 1060. The van der Waals surface area contributed by atoms with Gasteiger partial charge in [-0.25, -0.2) is 0 Å². The van der Waals surface area contributed by atoms with E-state index in [0.29, 0.717) is 11.5 Å². The highest BCUT2D eigenvalue weighted by Crippen LogP contribution is 2.37. The third kappa shape index (κ3) is 2.03. The average Bonchev–Trinajstić information content (AvgIpc) is 2.59. The SMILES string of the molecule is COc1cc2ccc3c4ccc(O)cc4ncc3c2cc1OC. The summed E-state index contributed by atoms with van der Waals surface area (Å²) in [5, 5.41) is 14.9. The third-order valence-electron chi connectivity index (χ3n) is 4.17. The van der Waals surface area contributed by atoms with Gasteiger partial charge in [0, 0.05) is 23.0 Å². The van der Waals surface area contributed by atoms with Gasteiger partial charge in [-0.1, -0.05) is 12.1 Å². The molecule has 3 aromatic carbocycles. The number of fused-ring (bicyclic) bond motifs is 5. The molecular weight excluding hydrogens is 290 g/mol. The Morgan fingerprint density at radius 1 is 0.783 bits per heavy atom. The molecule has 0 aliphatic carbocycles. The number of rotatable bonds is 2. The number of benzene rings is 3. The number of aromatic hydroxyl groups is 1. The van der Waals surface area contributed by atoms with Crippen molar-refractivity contribution in [1.82, 2.24) is 4.98 Å². The van der Waals surface area contributed by atoms with Crippen LogP contribution in [0, 0.1) is 0 Å². The summed E-state index contributed by atoms with van der Waals surface area (Å²) in [6.07, 6.45) is 1.84. The fraction of sp³-hybridized carbons (Fsp3) is 0.105. The summed E-state index contributed by atoms with van der Waals surface area (Å²) in [5.74, 6) is 1.62. The molecule has 1 aromatic heterocycles. The topological polar surface area (TPSA) is 51.6 Å². The summed E-state index contributed by atoms with van der Waals surface area (Å²) in [7, 11) is 3.26. The van der Waals surface area contributed by atoms with Gasteiger partial charge in [0.2, 0.25) is 0 Å². The Morgan fingerprint density at radius 3 is 2.30 bits per heavy atom. The van der Waals surface area contributed by atoms with Crippen molar-refractivity contribution in [2.45, 2.75) is 0 Å². The Labute approximate surface area is 132 Å². The molecule has 0 saturated carbocycles. The lowest BCUT2D eigenvalue weighted by Crippen LogP contribution is -1.91. The van der Waals surface area contributed by atoms with Gasteiger partial charge in [0.15, 0.2) is 11.5 Å². The summed E-state index contributed by atoms with van der Waals surface area (Å²) in [6, 6.07) is 13.3. The van der Waals surface area contributed by atoms with Gasteiger partial charge in [-0.2, -0.15) is 0 Å². The van der Waals surface area contributed by atoms with Crippen LogP contribution >= 0.6 is 0 Å². The molecule has 4 aromatic rings. The van der Waals surface area contributed by atoms with E-state index in [9.17, 15) is 5.11 Å². The van der Waals surface area contributed by atoms with Gasteiger partial charge in [-0.05, 0) is 40.4 Å². The Hall–Kier alpha value is -3.01. The van der Waals surface area contributed by atoms with Gasteiger partial charge in [0.1, 0.15) is 5.75 Å². The predicted octanol–water partition coefficient (Wildman–Crippen LogP) is 4.26. The first-order valence-electron chi connectivity index (χ1n) is 7.27. The zero-order chi connectivity index (χ0) is 16.0. The largest absolute Gasteiger partial charge is 0.508 e. The summed E-state index contributed by atoms with van der Waals surface area (Å²) >= 11 is 0. The van der Waals surface area contributed by atoms with E-state index in [-0.39, 0.29) is 5.75 Å². The highest BCUT2D eigenvalue weighted by atomic mass is 16.5. The second-order valence-corrected chi connectivity index (χ2v) is 5.41. The monoisotopic (exact) mass is 305 g/mol. The number of phenols is 1. The van der Waals surface area contributed by atoms with Crippen molar-refractivity contribution in [1.29, 1.82) is 0 Å². The molecule has 23 heavy (non-hydrogen) atoms. The molecule has 0 spiro atoms. The third-order valence-corrected chi connectivity index (χ3v) is 4.17. The zero-order valence-electron chi connectivity index (χ0n) is 12.8. The maximum Gasteiger partial charge on any atom is 0.161 e. The average molecular weight is 305 g/mol. The maximum atomic E-state index is 9.63. The predicted molar refractivity (Wildman–Crippen MR) is 91.5 cm³/mol. The van der Waals surface area contributed by atoms with Gasteiger partial charge in [0.05, 0.1) is 19.7 Å². The highest BCUT2D eigenvalue weighted by molar-refractivity contribution is 6.16. The Morgan fingerprint density at radius 2 is 1.52 bits per heavy atom. The van der Waals surface area contributed by atoms with Gasteiger partial charge in [-0.15, -0.1) is 0 Å². The van der Waals surface area contributed by atoms with Crippen LogP contribution in [0.3, 0.4) is 0 Å². The highest BCUT2D eigenvalue weighted by Gasteiger charge is 2.10. The summed E-state index contributed by atoms with van der Waals surface area (Å²) < 4.78 is 10.8. The molecule has 1 heterocycles. The first kappa shape index (κ1) is 13.6. The number of ether oxygens (including phenoxy) is 2. The molecule has 0 bridgehead atoms. The second-order valence-electron chi connectivity index (χ2n) is 5.41. The fourth-order valence-electron chi connectivity index (χ4n) is 3.04. The van der Waals surface area contributed by atoms with Crippen LogP contribution < -0.4 is 9.47 Å². The molecule has 0 atom stereocenters. The molecular formula is C19H15NO3. The van der Waals surface area contributed by atoms with Gasteiger partial charge < -0.3 is 14.6 Å². The fourth-order valence-corrected chi connectivity index (χ4v) is 3.04. The van der Waals surface area contributed by atoms with Gasteiger partial charge in [0.25, 0.3) is 0 Å². The standard InChI is InChI=1S/C19H15NO3/c1-22-18-7-11-3-5-13-14-6-4-12(21)8-17(14)20-10-16(13)15(11)9-19(18)23-2/h3-10,21H,1-2H3. The minimum Gasteiger partial charge on any atom is -0.508 e. The van der Waals surface area contributed by atoms with Crippen LogP contribution in [0.25, 0.3) is 32.4 Å². The smallest absolute Gasteiger partial charge is 0.161 e. The lowest BCUT2D eigenvalue weighted by atomic mass is 10.00. The normalized spacial score (nSPS) is 11.2. The van der Waals surface area contributed by atoms with E-state index in [0.717, 1.165) is 32.4 Å². The lowest BCUT2D eigenvalue weighted by Gasteiger charge is -2.12. The maximum absolute atomic E-state index is 9.63. The lowest BCUT2D eigenvalue weighted by molar-refractivity contribution is 0.356. The van der Waals surface area contributed by atoms with Crippen LogP contribution in [0.1, 0.15) is 0 Å². The van der Waals surface area contributed by atoms with Gasteiger partial charge in [-0.3, -0.25) is 4.98 Å². The summed E-state index contributed by atoms with van der Waals surface area (Å²) in [6.45, 7) is 0. The molecule has 0 aliphatic heterocycles. The molecule has 0 unspecified atom stereocenters. The molecule has 1 N–H and O–H groups in total. The van der Waals surface area contributed by atoms with Crippen molar-refractivity contribution in [3.05, 3.63) is 48.7 Å². The zero-order valence-corrected chi connectivity index (χ0v) is 12.8. The van der Waals surface area contributed by atoms with E-state index in [1.807, 2.05) is 24.4 Å². The van der Waals surface area contributed by atoms with Crippen molar-refractivity contribution < 1.29 is 14.6 Å². The van der Waals surface area contributed by atoms with Crippen molar-refractivity contribution in [2.75, 3.05) is 14.2 Å². The first-order valence-corrected chi connectivity index (χ1v) is 7.27. The number of hydrogen-bond donors (Lipinski definition) is 1. The molecule has 0 fully saturated rings. The molecule has 4 heteroatoms. The van der Waals surface area contributed by atoms with Crippen LogP contribution in [0.15, 0.2) is 48.7 Å². The van der Waals surface area contributed by atoms with E-state index in [1.54, 1.807) is 26.4 Å². The molecule has 0 amide bonds. The first-order chi connectivity index (χ1) is 11.2. The van der Waals surface area contributed by atoms with Crippen molar-refractivity contribution in [3.63, 3.8) is 0 Å². The number of hydrogen-bond acceptors (Lipinski definition) is 4. The van der Waals surface area contributed by atoms with Gasteiger partial charge >= 0.3 is 0 Å².